The standard InChI is InChI=1S/C20H23NO/c22-14-16-8-2-1-7-15(16)13-21-19-11-5-3-9-17(19)18-10-4-6-12-20(18)21/h3-6,9-12,15-16,22H,1-2,7-8,13-14H2. The Morgan fingerprint density at radius 3 is 1.95 bits per heavy atom. The van der Waals surface area contributed by atoms with E-state index < -0.39 is 0 Å². The van der Waals surface area contributed by atoms with Crippen molar-refractivity contribution < 1.29 is 5.11 Å². The van der Waals surface area contributed by atoms with Gasteiger partial charge in [-0.25, -0.2) is 0 Å². The van der Waals surface area contributed by atoms with Gasteiger partial charge in [-0.05, 0) is 36.8 Å². The fraction of sp³-hybridized carbons (Fsp3) is 0.400. The van der Waals surface area contributed by atoms with E-state index in [1.165, 1.54) is 47.5 Å². The molecule has 0 aliphatic heterocycles. The molecule has 2 heteroatoms. The molecule has 2 unspecified atom stereocenters. The van der Waals surface area contributed by atoms with E-state index in [0.717, 1.165) is 6.54 Å². The first-order chi connectivity index (χ1) is 10.9. The lowest BCUT2D eigenvalue weighted by Crippen LogP contribution is -2.26. The van der Waals surface area contributed by atoms with Gasteiger partial charge in [0.2, 0.25) is 0 Å². The molecule has 114 valence electrons. The lowest BCUT2D eigenvalue weighted by molar-refractivity contribution is 0.125. The number of hydrogen-bond donors (Lipinski definition) is 1. The van der Waals surface area contributed by atoms with Crippen molar-refractivity contribution in [3.63, 3.8) is 0 Å². The molecule has 2 aromatic carbocycles. The number of aliphatic hydroxyl groups excluding tert-OH is 1. The lowest BCUT2D eigenvalue weighted by atomic mass is 9.79. The highest BCUT2D eigenvalue weighted by Crippen LogP contribution is 2.35. The van der Waals surface area contributed by atoms with Crippen LogP contribution in [0.5, 0.6) is 0 Å². The van der Waals surface area contributed by atoms with Gasteiger partial charge in [0.05, 0.1) is 0 Å². The van der Waals surface area contributed by atoms with Gasteiger partial charge in [0.1, 0.15) is 0 Å². The van der Waals surface area contributed by atoms with Crippen LogP contribution in [0.3, 0.4) is 0 Å². The van der Waals surface area contributed by atoms with E-state index >= 15 is 0 Å². The molecule has 2 nitrogen and oxygen atoms in total. The molecule has 22 heavy (non-hydrogen) atoms. The van der Waals surface area contributed by atoms with Gasteiger partial charge in [-0.3, -0.25) is 0 Å². The molecule has 1 saturated carbocycles. The van der Waals surface area contributed by atoms with Gasteiger partial charge in [-0.15, -0.1) is 0 Å². The highest BCUT2D eigenvalue weighted by molar-refractivity contribution is 6.07. The van der Waals surface area contributed by atoms with Crippen LogP contribution in [0.25, 0.3) is 21.8 Å². The second kappa shape index (κ2) is 5.77. The summed E-state index contributed by atoms with van der Waals surface area (Å²) in [6, 6.07) is 17.4. The third kappa shape index (κ3) is 2.22. The van der Waals surface area contributed by atoms with Crippen LogP contribution in [0.4, 0.5) is 0 Å². The molecule has 3 aromatic rings. The molecule has 1 N–H and O–H groups in total. The Kier molecular flexibility index (Phi) is 3.63. The maximum Gasteiger partial charge on any atom is 0.0491 e. The summed E-state index contributed by atoms with van der Waals surface area (Å²) in [4.78, 5) is 0. The van der Waals surface area contributed by atoms with Crippen molar-refractivity contribution in [2.75, 3.05) is 6.61 Å². The van der Waals surface area contributed by atoms with Crippen LogP contribution < -0.4 is 0 Å². The fourth-order valence-corrected chi connectivity index (χ4v) is 4.20. The average molecular weight is 293 g/mol. The summed E-state index contributed by atoms with van der Waals surface area (Å²) in [6.45, 7) is 1.36. The van der Waals surface area contributed by atoms with Gasteiger partial charge < -0.3 is 9.67 Å². The Balaban J connectivity index is 1.82. The van der Waals surface area contributed by atoms with Crippen molar-refractivity contribution in [3.05, 3.63) is 48.5 Å². The zero-order valence-electron chi connectivity index (χ0n) is 12.9. The Bertz CT molecular complexity index is 735. The SMILES string of the molecule is OCC1CCCCC1Cn1c2ccccc2c2ccccc21. The summed E-state index contributed by atoms with van der Waals surface area (Å²) >= 11 is 0. The van der Waals surface area contributed by atoms with Gasteiger partial charge in [-0.2, -0.15) is 0 Å². The van der Waals surface area contributed by atoms with Crippen LogP contribution in [0.1, 0.15) is 25.7 Å². The first-order valence-corrected chi connectivity index (χ1v) is 8.45. The van der Waals surface area contributed by atoms with E-state index in [1.54, 1.807) is 0 Å². The first-order valence-electron chi connectivity index (χ1n) is 8.45. The van der Waals surface area contributed by atoms with E-state index in [-0.39, 0.29) is 0 Å². The number of aliphatic hydroxyl groups is 1. The predicted octanol–water partition coefficient (Wildman–Crippen LogP) is 4.59. The Hall–Kier alpha value is -1.80. The molecule has 1 aliphatic carbocycles. The molecular formula is C20H23NO. The van der Waals surface area contributed by atoms with Crippen LogP contribution in [0.15, 0.2) is 48.5 Å². The molecule has 0 bridgehead atoms. The Morgan fingerprint density at radius 2 is 1.36 bits per heavy atom. The number of aromatic nitrogens is 1. The van der Waals surface area contributed by atoms with Crippen molar-refractivity contribution in [3.8, 4) is 0 Å². The summed E-state index contributed by atoms with van der Waals surface area (Å²) in [5, 5.41) is 12.4. The number of hydrogen-bond acceptors (Lipinski definition) is 1. The van der Waals surface area contributed by atoms with Crippen molar-refractivity contribution >= 4 is 21.8 Å². The summed E-state index contributed by atoms with van der Waals surface area (Å²) in [6.07, 6.45) is 5.00. The molecule has 0 spiro atoms. The third-order valence-electron chi connectivity index (χ3n) is 5.40. The van der Waals surface area contributed by atoms with E-state index in [1.807, 2.05) is 0 Å². The Labute approximate surface area is 131 Å². The van der Waals surface area contributed by atoms with Gasteiger partial charge in [-0.1, -0.05) is 49.2 Å². The average Bonchev–Trinajstić information content (AvgIpc) is 2.90. The Morgan fingerprint density at radius 1 is 0.818 bits per heavy atom. The van der Waals surface area contributed by atoms with E-state index in [4.69, 9.17) is 0 Å². The summed E-state index contributed by atoms with van der Waals surface area (Å²) in [5.74, 6) is 1.06. The second-order valence-electron chi connectivity index (χ2n) is 6.63. The first kappa shape index (κ1) is 13.8. The zero-order valence-corrected chi connectivity index (χ0v) is 12.9. The summed E-state index contributed by atoms with van der Waals surface area (Å²) in [5.41, 5.74) is 2.65. The topological polar surface area (TPSA) is 25.2 Å². The maximum atomic E-state index is 9.71. The summed E-state index contributed by atoms with van der Waals surface area (Å²) in [7, 11) is 0. The van der Waals surface area contributed by atoms with Crippen molar-refractivity contribution in [1.82, 2.24) is 4.57 Å². The number of nitrogens with zero attached hydrogens (tertiary/aromatic N) is 1. The third-order valence-corrected chi connectivity index (χ3v) is 5.40. The molecule has 0 saturated heterocycles. The molecule has 4 rings (SSSR count). The molecule has 2 atom stereocenters. The lowest BCUT2D eigenvalue weighted by Gasteiger charge is -2.31. The maximum absolute atomic E-state index is 9.71. The summed E-state index contributed by atoms with van der Waals surface area (Å²) < 4.78 is 2.48. The second-order valence-corrected chi connectivity index (χ2v) is 6.63. The predicted molar refractivity (Wildman–Crippen MR) is 92.0 cm³/mol. The van der Waals surface area contributed by atoms with E-state index in [9.17, 15) is 5.11 Å². The van der Waals surface area contributed by atoms with Crippen LogP contribution in [0, 0.1) is 11.8 Å². The largest absolute Gasteiger partial charge is 0.396 e. The minimum atomic E-state index is 0.335. The quantitative estimate of drug-likeness (QED) is 0.750. The molecule has 0 radical (unpaired) electrons. The van der Waals surface area contributed by atoms with Crippen molar-refractivity contribution in [2.24, 2.45) is 11.8 Å². The molecule has 1 fully saturated rings. The highest BCUT2D eigenvalue weighted by Gasteiger charge is 2.25. The van der Waals surface area contributed by atoms with Gasteiger partial charge in [0, 0.05) is 35.0 Å². The zero-order chi connectivity index (χ0) is 14.9. The normalized spacial score (nSPS) is 22.4. The molecule has 1 aliphatic rings. The van der Waals surface area contributed by atoms with E-state index in [2.05, 4.69) is 53.1 Å². The number of para-hydroxylation sites is 2. The minimum absolute atomic E-state index is 0.335. The van der Waals surface area contributed by atoms with Crippen LogP contribution in [-0.4, -0.2) is 16.3 Å². The van der Waals surface area contributed by atoms with Crippen molar-refractivity contribution in [2.45, 2.75) is 32.2 Å². The minimum Gasteiger partial charge on any atom is -0.396 e. The molecular weight excluding hydrogens is 270 g/mol. The fourth-order valence-electron chi connectivity index (χ4n) is 4.20. The van der Waals surface area contributed by atoms with E-state index in [0.29, 0.717) is 18.4 Å². The number of fused-ring (bicyclic) bond motifs is 3. The van der Waals surface area contributed by atoms with Crippen molar-refractivity contribution in [1.29, 1.82) is 0 Å². The molecule has 1 aromatic heterocycles. The van der Waals surface area contributed by atoms with Gasteiger partial charge >= 0.3 is 0 Å². The van der Waals surface area contributed by atoms with Crippen LogP contribution >= 0.6 is 0 Å². The van der Waals surface area contributed by atoms with Crippen LogP contribution in [-0.2, 0) is 6.54 Å². The smallest absolute Gasteiger partial charge is 0.0491 e. The monoisotopic (exact) mass is 293 g/mol. The highest BCUT2D eigenvalue weighted by atomic mass is 16.3. The number of benzene rings is 2. The molecule has 1 heterocycles. The molecule has 0 amide bonds. The van der Waals surface area contributed by atoms with Gasteiger partial charge in [0.15, 0.2) is 0 Å². The van der Waals surface area contributed by atoms with Crippen LogP contribution in [0.2, 0.25) is 0 Å². The van der Waals surface area contributed by atoms with Gasteiger partial charge in [0.25, 0.3) is 0 Å². The number of rotatable bonds is 3.